The first-order valence-corrected chi connectivity index (χ1v) is 11.1. The zero-order valence-electron chi connectivity index (χ0n) is 18.3. The number of hydrogen-bond acceptors (Lipinski definition) is 5. The van der Waals surface area contributed by atoms with Crippen molar-refractivity contribution in [1.82, 2.24) is 15.1 Å². The summed E-state index contributed by atoms with van der Waals surface area (Å²) in [6.07, 6.45) is 2.62. The summed E-state index contributed by atoms with van der Waals surface area (Å²) in [5, 5.41) is 2.91. The van der Waals surface area contributed by atoms with Gasteiger partial charge in [-0.15, -0.1) is 0 Å². The Hall–Kier alpha value is -2.12. The summed E-state index contributed by atoms with van der Waals surface area (Å²) in [5.41, 5.74) is 2.05. The standard InChI is InChI=1S/C23H33N3O4/c1-16(2)26-13-10-24-22(28)18(26)15-20(27)25-11-8-23(9-12-25)21-17(7-14-30-23)5-4-6-19(21)29-3/h4-6,16,18H,7-15H2,1-3H3,(H,24,28). The topological polar surface area (TPSA) is 71.1 Å². The van der Waals surface area contributed by atoms with Crippen molar-refractivity contribution in [3.63, 3.8) is 0 Å². The number of benzene rings is 1. The number of piperazine rings is 1. The van der Waals surface area contributed by atoms with E-state index in [0.29, 0.717) is 26.2 Å². The minimum atomic E-state index is -0.386. The summed E-state index contributed by atoms with van der Waals surface area (Å²) in [7, 11) is 1.70. The number of carbonyl (C=O) groups is 2. The van der Waals surface area contributed by atoms with Gasteiger partial charge in [0.05, 0.1) is 26.2 Å². The fourth-order valence-electron chi connectivity index (χ4n) is 5.27. The summed E-state index contributed by atoms with van der Waals surface area (Å²) in [4.78, 5) is 29.5. The number of ether oxygens (including phenoxy) is 2. The highest BCUT2D eigenvalue weighted by molar-refractivity contribution is 5.89. The first kappa shape index (κ1) is 21.1. The van der Waals surface area contributed by atoms with E-state index in [9.17, 15) is 9.59 Å². The van der Waals surface area contributed by atoms with Gasteiger partial charge in [-0.05, 0) is 44.7 Å². The van der Waals surface area contributed by atoms with Gasteiger partial charge in [0, 0.05) is 37.8 Å². The van der Waals surface area contributed by atoms with Gasteiger partial charge in [0.1, 0.15) is 11.4 Å². The van der Waals surface area contributed by atoms with Crippen LogP contribution in [0.1, 0.15) is 44.2 Å². The molecule has 1 atom stereocenters. The number of piperidine rings is 1. The van der Waals surface area contributed by atoms with Crippen molar-refractivity contribution in [1.29, 1.82) is 0 Å². The Labute approximate surface area is 178 Å². The Morgan fingerprint density at radius 2 is 2.07 bits per heavy atom. The van der Waals surface area contributed by atoms with E-state index >= 15 is 0 Å². The summed E-state index contributed by atoms with van der Waals surface area (Å²) in [6, 6.07) is 6.04. The van der Waals surface area contributed by atoms with Crippen LogP contribution >= 0.6 is 0 Å². The van der Waals surface area contributed by atoms with Crippen LogP contribution in [-0.4, -0.2) is 73.6 Å². The monoisotopic (exact) mass is 415 g/mol. The van der Waals surface area contributed by atoms with Gasteiger partial charge in [0.2, 0.25) is 11.8 Å². The number of likely N-dealkylation sites (tertiary alicyclic amines) is 1. The normalized spacial score (nSPS) is 23.9. The summed E-state index contributed by atoms with van der Waals surface area (Å²) < 4.78 is 12.0. The molecule has 7 heteroatoms. The Balaban J connectivity index is 1.45. The number of nitrogens with one attached hydrogen (secondary N) is 1. The van der Waals surface area contributed by atoms with E-state index in [-0.39, 0.29) is 35.9 Å². The van der Waals surface area contributed by atoms with E-state index in [1.54, 1.807) is 7.11 Å². The van der Waals surface area contributed by atoms with Crippen LogP contribution in [0, 0.1) is 0 Å². The van der Waals surface area contributed by atoms with Crippen molar-refractivity contribution in [3.05, 3.63) is 29.3 Å². The predicted octanol–water partition coefficient (Wildman–Crippen LogP) is 1.68. The SMILES string of the molecule is COc1cccc2c1C1(CCN(C(=O)CC3C(=O)NCCN3C(C)C)CC1)OCC2. The third kappa shape index (κ3) is 3.81. The molecule has 164 valence electrons. The number of carbonyl (C=O) groups excluding carboxylic acids is 2. The number of fused-ring (bicyclic) bond motifs is 2. The Morgan fingerprint density at radius 1 is 1.30 bits per heavy atom. The van der Waals surface area contributed by atoms with E-state index in [4.69, 9.17) is 9.47 Å². The second-order valence-corrected chi connectivity index (χ2v) is 8.81. The highest BCUT2D eigenvalue weighted by Crippen LogP contribution is 2.45. The van der Waals surface area contributed by atoms with Crippen LogP contribution in [0.5, 0.6) is 5.75 Å². The predicted molar refractivity (Wildman–Crippen MR) is 113 cm³/mol. The van der Waals surface area contributed by atoms with Gasteiger partial charge in [-0.3, -0.25) is 14.5 Å². The molecular weight excluding hydrogens is 382 g/mol. The van der Waals surface area contributed by atoms with Crippen molar-refractivity contribution in [2.45, 2.75) is 57.2 Å². The maximum atomic E-state index is 13.1. The number of nitrogens with zero attached hydrogens (tertiary/aromatic N) is 2. The van der Waals surface area contributed by atoms with Crippen LogP contribution in [0.25, 0.3) is 0 Å². The smallest absolute Gasteiger partial charge is 0.237 e. The molecule has 0 radical (unpaired) electrons. The molecule has 1 aromatic carbocycles. The number of amides is 2. The van der Waals surface area contributed by atoms with Crippen molar-refractivity contribution in [2.24, 2.45) is 0 Å². The molecule has 3 aliphatic rings. The molecule has 2 amide bonds. The van der Waals surface area contributed by atoms with E-state index in [1.165, 1.54) is 5.56 Å². The molecule has 30 heavy (non-hydrogen) atoms. The zero-order chi connectivity index (χ0) is 21.3. The molecule has 0 aliphatic carbocycles. The van der Waals surface area contributed by atoms with Crippen LogP contribution < -0.4 is 10.1 Å². The molecular formula is C23H33N3O4. The molecule has 0 bridgehead atoms. The molecule has 7 nitrogen and oxygen atoms in total. The highest BCUT2D eigenvalue weighted by Gasteiger charge is 2.44. The Kier molecular flexibility index (Phi) is 6.02. The minimum absolute atomic E-state index is 0.0361. The maximum Gasteiger partial charge on any atom is 0.237 e. The van der Waals surface area contributed by atoms with Crippen molar-refractivity contribution >= 4 is 11.8 Å². The fraction of sp³-hybridized carbons (Fsp3) is 0.652. The molecule has 0 saturated carbocycles. The minimum Gasteiger partial charge on any atom is -0.496 e. The summed E-state index contributed by atoms with van der Waals surface area (Å²) in [6.45, 7) is 7.54. The molecule has 1 spiro atoms. The van der Waals surface area contributed by atoms with Crippen LogP contribution in [0.2, 0.25) is 0 Å². The first-order chi connectivity index (χ1) is 14.4. The average Bonchev–Trinajstić information content (AvgIpc) is 2.75. The lowest BCUT2D eigenvalue weighted by Crippen LogP contribution is -2.59. The second kappa shape index (κ2) is 8.55. The molecule has 1 N–H and O–H groups in total. The Bertz CT molecular complexity index is 787. The van der Waals surface area contributed by atoms with E-state index in [2.05, 4.69) is 30.1 Å². The number of methoxy groups -OCH3 is 1. The largest absolute Gasteiger partial charge is 0.496 e. The molecule has 2 saturated heterocycles. The summed E-state index contributed by atoms with van der Waals surface area (Å²) >= 11 is 0. The van der Waals surface area contributed by atoms with Crippen LogP contribution in [0.15, 0.2) is 18.2 Å². The van der Waals surface area contributed by atoms with Crippen LogP contribution in [0.3, 0.4) is 0 Å². The van der Waals surface area contributed by atoms with Gasteiger partial charge < -0.3 is 19.7 Å². The van der Waals surface area contributed by atoms with Crippen molar-refractivity contribution < 1.29 is 19.1 Å². The molecule has 1 aromatic rings. The summed E-state index contributed by atoms with van der Waals surface area (Å²) in [5.74, 6) is 0.887. The number of hydrogen-bond donors (Lipinski definition) is 1. The fourth-order valence-corrected chi connectivity index (χ4v) is 5.27. The van der Waals surface area contributed by atoms with Gasteiger partial charge >= 0.3 is 0 Å². The first-order valence-electron chi connectivity index (χ1n) is 11.1. The zero-order valence-corrected chi connectivity index (χ0v) is 18.3. The van der Waals surface area contributed by atoms with Gasteiger partial charge in [0.25, 0.3) is 0 Å². The lowest BCUT2D eigenvalue weighted by Gasteiger charge is -2.46. The maximum absolute atomic E-state index is 13.1. The molecule has 3 aliphatic heterocycles. The van der Waals surface area contributed by atoms with Crippen molar-refractivity contribution in [3.8, 4) is 5.75 Å². The number of rotatable bonds is 4. The third-order valence-corrected chi connectivity index (χ3v) is 6.87. The van der Waals surface area contributed by atoms with Crippen LogP contribution in [-0.2, 0) is 26.3 Å². The lowest BCUT2D eigenvalue weighted by molar-refractivity contribution is -0.146. The average molecular weight is 416 g/mol. The lowest BCUT2D eigenvalue weighted by atomic mass is 9.78. The molecule has 0 aromatic heterocycles. The van der Waals surface area contributed by atoms with Gasteiger partial charge in [-0.1, -0.05) is 12.1 Å². The van der Waals surface area contributed by atoms with Crippen molar-refractivity contribution in [2.75, 3.05) is 39.9 Å². The Morgan fingerprint density at radius 3 is 2.77 bits per heavy atom. The van der Waals surface area contributed by atoms with E-state index < -0.39 is 0 Å². The van der Waals surface area contributed by atoms with Gasteiger partial charge in [-0.2, -0.15) is 0 Å². The van der Waals surface area contributed by atoms with Crippen LogP contribution in [0.4, 0.5) is 0 Å². The quantitative estimate of drug-likeness (QED) is 0.810. The van der Waals surface area contributed by atoms with Gasteiger partial charge in [-0.25, -0.2) is 0 Å². The molecule has 4 rings (SSSR count). The van der Waals surface area contributed by atoms with E-state index in [1.807, 2.05) is 17.0 Å². The molecule has 3 heterocycles. The molecule has 2 fully saturated rings. The van der Waals surface area contributed by atoms with E-state index in [0.717, 1.165) is 37.1 Å². The third-order valence-electron chi connectivity index (χ3n) is 6.87. The molecule has 1 unspecified atom stereocenters. The van der Waals surface area contributed by atoms with Gasteiger partial charge in [0.15, 0.2) is 0 Å². The highest BCUT2D eigenvalue weighted by atomic mass is 16.5. The second-order valence-electron chi connectivity index (χ2n) is 8.81.